The quantitative estimate of drug-likeness (QED) is 0.376. The van der Waals surface area contributed by atoms with Crippen LogP contribution in [0, 0.1) is 0 Å². The van der Waals surface area contributed by atoms with E-state index in [1.165, 1.54) is 24.6 Å². The highest BCUT2D eigenvalue weighted by Gasteiger charge is 2.26. The molecule has 0 unspecified atom stereocenters. The van der Waals surface area contributed by atoms with Gasteiger partial charge in [0.15, 0.2) is 28.3 Å². The second kappa shape index (κ2) is 8.32. The van der Waals surface area contributed by atoms with Gasteiger partial charge in [-0.2, -0.15) is 0 Å². The van der Waals surface area contributed by atoms with E-state index in [0.29, 0.717) is 28.1 Å². The molecule has 3 aromatic rings. The molecule has 0 radical (unpaired) electrons. The maximum atomic E-state index is 12.8. The summed E-state index contributed by atoms with van der Waals surface area (Å²) in [6.07, 6.45) is 4.54. The molecule has 2 heterocycles. The van der Waals surface area contributed by atoms with Crippen molar-refractivity contribution in [2.24, 2.45) is 0 Å². The van der Waals surface area contributed by atoms with E-state index >= 15 is 0 Å². The van der Waals surface area contributed by atoms with Crippen LogP contribution in [0.2, 0.25) is 5.02 Å². The van der Waals surface area contributed by atoms with Crippen LogP contribution in [0.4, 0.5) is 0 Å². The van der Waals surface area contributed by atoms with Crippen LogP contribution < -0.4 is 9.47 Å². The van der Waals surface area contributed by atoms with Crippen LogP contribution in [-0.2, 0) is 0 Å². The molecule has 1 aliphatic carbocycles. The molecule has 6 nitrogen and oxygen atoms in total. The second-order valence-electron chi connectivity index (χ2n) is 7.37. The first kappa shape index (κ1) is 19.5. The molecule has 2 aliphatic rings. The highest BCUT2D eigenvalue weighted by molar-refractivity contribution is 7.99. The van der Waals surface area contributed by atoms with Crippen LogP contribution in [0.15, 0.2) is 47.6 Å². The third-order valence-electron chi connectivity index (χ3n) is 5.50. The van der Waals surface area contributed by atoms with Crippen molar-refractivity contribution in [2.75, 3.05) is 12.5 Å². The smallest absolute Gasteiger partial charge is 0.231 e. The average molecular weight is 442 g/mol. The molecular weight excluding hydrogens is 422 g/mol. The number of fused-ring (bicyclic) bond motifs is 1. The van der Waals surface area contributed by atoms with Gasteiger partial charge in [-0.3, -0.25) is 9.36 Å². The van der Waals surface area contributed by atoms with Crippen LogP contribution >= 0.6 is 23.4 Å². The number of ether oxygens (including phenoxy) is 2. The van der Waals surface area contributed by atoms with E-state index in [0.717, 1.165) is 29.4 Å². The first-order valence-corrected chi connectivity index (χ1v) is 11.3. The standard InChI is InChI=1S/C22H20ClN3O3S/c23-17-8-4-3-7-16(17)21-24-25-22(26(21)15-5-1-2-6-15)30-12-18(27)14-9-10-19-20(11-14)29-13-28-19/h3-4,7-11,15H,1-2,5-6,12-13H2. The van der Waals surface area contributed by atoms with Gasteiger partial charge in [0.2, 0.25) is 6.79 Å². The number of aromatic nitrogens is 3. The van der Waals surface area contributed by atoms with Gasteiger partial charge in [0.05, 0.1) is 10.8 Å². The predicted molar refractivity (Wildman–Crippen MR) is 116 cm³/mol. The molecule has 30 heavy (non-hydrogen) atoms. The van der Waals surface area contributed by atoms with Crippen molar-refractivity contribution in [1.29, 1.82) is 0 Å². The number of ketones is 1. The van der Waals surface area contributed by atoms with Gasteiger partial charge in [-0.1, -0.05) is 48.3 Å². The topological polar surface area (TPSA) is 66.2 Å². The molecule has 0 spiro atoms. The monoisotopic (exact) mass is 441 g/mol. The van der Waals surface area contributed by atoms with E-state index in [1.807, 2.05) is 24.3 Å². The zero-order chi connectivity index (χ0) is 20.5. The minimum absolute atomic E-state index is 0.0126. The van der Waals surface area contributed by atoms with Gasteiger partial charge in [0, 0.05) is 17.2 Å². The van der Waals surface area contributed by atoms with Crippen molar-refractivity contribution in [2.45, 2.75) is 36.9 Å². The van der Waals surface area contributed by atoms with Crippen molar-refractivity contribution < 1.29 is 14.3 Å². The number of carbonyl (C=O) groups is 1. The van der Waals surface area contributed by atoms with Crippen LogP contribution in [-0.4, -0.2) is 33.1 Å². The molecule has 154 valence electrons. The summed E-state index contributed by atoms with van der Waals surface area (Å²) in [7, 11) is 0. The Morgan fingerprint density at radius 3 is 2.73 bits per heavy atom. The van der Waals surface area contributed by atoms with Gasteiger partial charge in [-0.15, -0.1) is 10.2 Å². The van der Waals surface area contributed by atoms with E-state index in [4.69, 9.17) is 21.1 Å². The van der Waals surface area contributed by atoms with Gasteiger partial charge in [0.1, 0.15) is 0 Å². The van der Waals surface area contributed by atoms with Crippen LogP contribution in [0.1, 0.15) is 42.1 Å². The Morgan fingerprint density at radius 1 is 1.10 bits per heavy atom. The predicted octanol–water partition coefficient (Wildman–Crippen LogP) is 5.42. The summed E-state index contributed by atoms with van der Waals surface area (Å²) in [5, 5.41) is 10.3. The fourth-order valence-corrected chi connectivity index (χ4v) is 5.10. The first-order valence-electron chi connectivity index (χ1n) is 9.96. The molecule has 1 aromatic heterocycles. The van der Waals surface area contributed by atoms with Crippen molar-refractivity contribution in [3.63, 3.8) is 0 Å². The zero-order valence-electron chi connectivity index (χ0n) is 16.2. The van der Waals surface area contributed by atoms with Crippen molar-refractivity contribution >= 4 is 29.1 Å². The number of hydrogen-bond acceptors (Lipinski definition) is 6. The molecule has 1 aliphatic heterocycles. The first-order chi connectivity index (χ1) is 14.7. The Hall–Kier alpha value is -2.51. The molecule has 1 fully saturated rings. The molecule has 8 heteroatoms. The van der Waals surface area contributed by atoms with Gasteiger partial charge >= 0.3 is 0 Å². The lowest BCUT2D eigenvalue weighted by molar-refractivity contribution is 0.102. The highest BCUT2D eigenvalue weighted by atomic mass is 35.5. The third kappa shape index (κ3) is 3.68. The van der Waals surface area contributed by atoms with Crippen molar-refractivity contribution in [3.05, 3.63) is 53.1 Å². The maximum Gasteiger partial charge on any atom is 0.231 e. The molecule has 5 rings (SSSR count). The Bertz CT molecular complexity index is 1090. The Kier molecular flexibility index (Phi) is 5.39. The largest absolute Gasteiger partial charge is 0.454 e. The van der Waals surface area contributed by atoms with Crippen molar-refractivity contribution in [3.8, 4) is 22.9 Å². The average Bonchev–Trinajstić information content (AvgIpc) is 3.51. The second-order valence-corrected chi connectivity index (χ2v) is 8.72. The maximum absolute atomic E-state index is 12.8. The number of hydrogen-bond donors (Lipinski definition) is 0. The number of Topliss-reactive ketones (excluding diaryl/α,β-unsaturated/α-hetero) is 1. The SMILES string of the molecule is O=C(CSc1nnc(-c2ccccc2Cl)n1C1CCCC1)c1ccc2c(c1)OCO2. The molecule has 0 bridgehead atoms. The van der Waals surface area contributed by atoms with Gasteiger partial charge < -0.3 is 9.47 Å². The summed E-state index contributed by atoms with van der Waals surface area (Å²) in [5.74, 6) is 2.34. The molecule has 2 aromatic carbocycles. The summed E-state index contributed by atoms with van der Waals surface area (Å²) >= 11 is 7.85. The summed E-state index contributed by atoms with van der Waals surface area (Å²) in [6, 6.07) is 13.3. The Morgan fingerprint density at radius 2 is 1.90 bits per heavy atom. The minimum atomic E-state index is 0.0126. The summed E-state index contributed by atoms with van der Waals surface area (Å²) < 4.78 is 12.9. The van der Waals surface area contributed by atoms with Crippen LogP contribution in [0.25, 0.3) is 11.4 Å². The fraction of sp³-hybridized carbons (Fsp3) is 0.318. The van der Waals surface area contributed by atoms with Crippen LogP contribution in [0.5, 0.6) is 11.5 Å². The number of carbonyl (C=O) groups excluding carboxylic acids is 1. The summed E-state index contributed by atoms with van der Waals surface area (Å²) in [4.78, 5) is 12.8. The molecule has 0 N–H and O–H groups in total. The number of nitrogens with zero attached hydrogens (tertiary/aromatic N) is 3. The third-order valence-corrected chi connectivity index (χ3v) is 6.77. The lowest BCUT2D eigenvalue weighted by atomic mass is 10.1. The molecule has 0 saturated heterocycles. The van der Waals surface area contributed by atoms with E-state index in [1.54, 1.807) is 18.2 Å². The lowest BCUT2D eigenvalue weighted by Crippen LogP contribution is -2.10. The number of benzene rings is 2. The highest BCUT2D eigenvalue weighted by Crippen LogP contribution is 2.38. The number of halogens is 1. The van der Waals surface area contributed by atoms with Crippen molar-refractivity contribution in [1.82, 2.24) is 14.8 Å². The molecule has 1 saturated carbocycles. The molecule has 0 amide bonds. The zero-order valence-corrected chi connectivity index (χ0v) is 17.8. The summed E-state index contributed by atoms with van der Waals surface area (Å²) in [5.41, 5.74) is 1.47. The van der Waals surface area contributed by atoms with E-state index in [2.05, 4.69) is 14.8 Å². The number of rotatable bonds is 6. The molecular formula is C22H20ClN3O3S. The number of thioether (sulfide) groups is 1. The van der Waals surface area contributed by atoms with E-state index < -0.39 is 0 Å². The Labute approximate surface area is 183 Å². The fourth-order valence-electron chi connectivity index (χ4n) is 3.98. The van der Waals surface area contributed by atoms with Gasteiger partial charge in [0.25, 0.3) is 0 Å². The van der Waals surface area contributed by atoms with E-state index in [9.17, 15) is 4.79 Å². The summed E-state index contributed by atoms with van der Waals surface area (Å²) in [6.45, 7) is 0.192. The van der Waals surface area contributed by atoms with E-state index in [-0.39, 0.29) is 18.3 Å². The Balaban J connectivity index is 1.40. The molecule has 0 atom stereocenters. The van der Waals surface area contributed by atoms with Gasteiger partial charge in [-0.25, -0.2) is 0 Å². The lowest BCUT2D eigenvalue weighted by Gasteiger charge is -2.17. The van der Waals surface area contributed by atoms with Crippen LogP contribution in [0.3, 0.4) is 0 Å². The van der Waals surface area contributed by atoms with Gasteiger partial charge in [-0.05, 0) is 43.2 Å². The normalized spacial score (nSPS) is 15.6. The minimum Gasteiger partial charge on any atom is -0.454 e.